The summed E-state index contributed by atoms with van der Waals surface area (Å²) < 4.78 is 6.28. The van der Waals surface area contributed by atoms with Gasteiger partial charge in [0.25, 0.3) is 5.78 Å². The van der Waals surface area contributed by atoms with Gasteiger partial charge in [-0.05, 0) is 53.4 Å². The van der Waals surface area contributed by atoms with Gasteiger partial charge in [-0.15, -0.1) is 0 Å². The molecular weight excluding hydrogens is 288 g/mol. The first-order valence-electron chi connectivity index (χ1n) is 5.32. The third kappa shape index (κ3) is 2.66. The fraction of sp³-hybridized carbons (Fsp3) is 0.333. The number of hydrogen-bond donors (Lipinski definition) is 1. The minimum atomic E-state index is -1.45. The van der Waals surface area contributed by atoms with E-state index in [2.05, 4.69) is 15.9 Å². The van der Waals surface area contributed by atoms with E-state index < -0.39 is 11.8 Å². The first-order valence-corrected chi connectivity index (χ1v) is 6.11. The zero-order valence-corrected chi connectivity index (χ0v) is 10.6. The fourth-order valence-electron chi connectivity index (χ4n) is 1.53. The molecule has 1 aromatic carbocycles. The number of carboxylic acids is 1. The smallest absolute Gasteiger partial charge is 0.377 e. The van der Waals surface area contributed by atoms with Crippen molar-refractivity contribution >= 4 is 27.7 Å². The van der Waals surface area contributed by atoms with Crippen LogP contribution in [0, 0.1) is 0 Å². The van der Waals surface area contributed by atoms with Crippen molar-refractivity contribution in [3.8, 4) is 5.75 Å². The lowest BCUT2D eigenvalue weighted by Crippen LogP contribution is -2.24. The van der Waals surface area contributed by atoms with Gasteiger partial charge in [0.2, 0.25) is 0 Å². The van der Waals surface area contributed by atoms with Crippen LogP contribution >= 0.6 is 15.9 Å². The summed E-state index contributed by atoms with van der Waals surface area (Å²) in [6, 6.07) is 4.57. The van der Waals surface area contributed by atoms with Gasteiger partial charge in [-0.2, -0.15) is 0 Å². The molecule has 1 saturated carbocycles. The van der Waals surface area contributed by atoms with E-state index in [0.29, 0.717) is 10.2 Å². The van der Waals surface area contributed by atoms with E-state index in [1.165, 1.54) is 18.6 Å². The Labute approximate surface area is 107 Å². The Morgan fingerprint density at radius 2 is 2.06 bits per heavy atom. The average Bonchev–Trinajstić information content (AvgIpc) is 2.23. The monoisotopic (exact) mass is 298 g/mol. The van der Waals surface area contributed by atoms with E-state index in [-0.39, 0.29) is 11.7 Å². The SMILES string of the molecule is O=C(O)C(=O)c1ccc(OC2CCC2)c(Br)c1. The van der Waals surface area contributed by atoms with Crippen LogP contribution in [-0.2, 0) is 4.79 Å². The van der Waals surface area contributed by atoms with Crippen LogP contribution in [0.5, 0.6) is 5.75 Å². The molecule has 90 valence electrons. The molecule has 0 spiro atoms. The quantitative estimate of drug-likeness (QED) is 0.685. The molecule has 1 aliphatic carbocycles. The lowest BCUT2D eigenvalue weighted by molar-refractivity contribution is -0.131. The summed E-state index contributed by atoms with van der Waals surface area (Å²) in [7, 11) is 0. The summed E-state index contributed by atoms with van der Waals surface area (Å²) in [4.78, 5) is 21.8. The summed E-state index contributed by atoms with van der Waals surface area (Å²) >= 11 is 3.28. The first-order chi connectivity index (χ1) is 8.08. The molecule has 1 aromatic rings. The Hall–Kier alpha value is -1.36. The Bertz CT molecular complexity index is 466. The highest BCUT2D eigenvalue weighted by Crippen LogP contribution is 2.31. The van der Waals surface area contributed by atoms with Crippen LogP contribution in [0.15, 0.2) is 22.7 Å². The van der Waals surface area contributed by atoms with Crippen molar-refractivity contribution in [1.29, 1.82) is 0 Å². The van der Waals surface area contributed by atoms with Crippen molar-refractivity contribution in [2.45, 2.75) is 25.4 Å². The van der Waals surface area contributed by atoms with Crippen molar-refractivity contribution in [2.75, 3.05) is 0 Å². The molecule has 0 aliphatic heterocycles. The summed E-state index contributed by atoms with van der Waals surface area (Å²) in [5.74, 6) is -1.72. The summed E-state index contributed by atoms with van der Waals surface area (Å²) in [5, 5.41) is 8.59. The van der Waals surface area contributed by atoms with E-state index in [4.69, 9.17) is 9.84 Å². The molecule has 1 aliphatic rings. The Morgan fingerprint density at radius 1 is 1.35 bits per heavy atom. The van der Waals surface area contributed by atoms with Crippen LogP contribution < -0.4 is 4.74 Å². The first kappa shape index (κ1) is 12.1. The number of aliphatic carboxylic acids is 1. The van der Waals surface area contributed by atoms with Crippen LogP contribution in [0.2, 0.25) is 0 Å². The van der Waals surface area contributed by atoms with E-state index in [1.807, 2.05) is 0 Å². The lowest BCUT2D eigenvalue weighted by atomic mass is 9.96. The van der Waals surface area contributed by atoms with Crippen molar-refractivity contribution in [1.82, 2.24) is 0 Å². The zero-order valence-electron chi connectivity index (χ0n) is 8.98. The molecule has 0 heterocycles. The van der Waals surface area contributed by atoms with Gasteiger partial charge in [-0.3, -0.25) is 4.79 Å². The second-order valence-corrected chi connectivity index (χ2v) is 4.80. The van der Waals surface area contributed by atoms with Gasteiger partial charge >= 0.3 is 5.97 Å². The van der Waals surface area contributed by atoms with Gasteiger partial charge in [0.15, 0.2) is 0 Å². The van der Waals surface area contributed by atoms with Crippen molar-refractivity contribution in [3.63, 3.8) is 0 Å². The number of carboxylic acid groups (broad SMARTS) is 1. The van der Waals surface area contributed by atoms with Crippen molar-refractivity contribution < 1.29 is 19.4 Å². The van der Waals surface area contributed by atoms with Gasteiger partial charge in [-0.25, -0.2) is 4.79 Å². The van der Waals surface area contributed by atoms with E-state index in [9.17, 15) is 9.59 Å². The number of ketones is 1. The number of rotatable bonds is 4. The molecule has 0 unspecified atom stereocenters. The second kappa shape index (κ2) is 4.87. The van der Waals surface area contributed by atoms with Crippen LogP contribution in [0.25, 0.3) is 0 Å². The number of benzene rings is 1. The predicted octanol–water partition coefficient (Wildman–Crippen LogP) is 2.65. The topological polar surface area (TPSA) is 63.6 Å². The number of hydrogen-bond acceptors (Lipinski definition) is 3. The Balaban J connectivity index is 2.15. The highest BCUT2D eigenvalue weighted by molar-refractivity contribution is 9.10. The molecule has 0 amide bonds. The molecule has 0 aromatic heterocycles. The van der Waals surface area contributed by atoms with Crippen LogP contribution in [0.4, 0.5) is 0 Å². The fourth-order valence-corrected chi connectivity index (χ4v) is 2.00. The van der Waals surface area contributed by atoms with Gasteiger partial charge in [-0.1, -0.05) is 0 Å². The van der Waals surface area contributed by atoms with Gasteiger partial charge < -0.3 is 9.84 Å². The molecule has 4 nitrogen and oxygen atoms in total. The minimum Gasteiger partial charge on any atom is -0.489 e. The third-order valence-corrected chi connectivity index (χ3v) is 3.35. The minimum absolute atomic E-state index is 0.144. The number of carbonyl (C=O) groups excluding carboxylic acids is 1. The van der Waals surface area contributed by atoms with E-state index in [0.717, 1.165) is 12.8 Å². The predicted molar refractivity (Wildman–Crippen MR) is 64.4 cm³/mol. The normalized spacial score (nSPS) is 15.1. The van der Waals surface area contributed by atoms with E-state index in [1.54, 1.807) is 6.07 Å². The second-order valence-electron chi connectivity index (χ2n) is 3.95. The lowest BCUT2D eigenvalue weighted by Gasteiger charge is -2.26. The molecule has 0 saturated heterocycles. The van der Waals surface area contributed by atoms with Gasteiger partial charge in [0, 0.05) is 5.56 Å². The van der Waals surface area contributed by atoms with Crippen LogP contribution in [-0.4, -0.2) is 23.0 Å². The molecular formula is C12H11BrO4. The van der Waals surface area contributed by atoms with Crippen LogP contribution in [0.3, 0.4) is 0 Å². The highest BCUT2D eigenvalue weighted by atomic mass is 79.9. The van der Waals surface area contributed by atoms with Gasteiger partial charge in [0.05, 0.1) is 10.6 Å². The van der Waals surface area contributed by atoms with E-state index >= 15 is 0 Å². The summed E-state index contributed by atoms with van der Waals surface area (Å²) in [6.45, 7) is 0. The molecule has 0 radical (unpaired) electrons. The number of halogens is 1. The molecule has 17 heavy (non-hydrogen) atoms. The molecule has 2 rings (SSSR count). The molecule has 0 bridgehead atoms. The summed E-state index contributed by atoms with van der Waals surface area (Å²) in [5.41, 5.74) is 0.144. The average molecular weight is 299 g/mol. The third-order valence-electron chi connectivity index (χ3n) is 2.73. The molecule has 0 atom stereocenters. The maximum atomic E-state index is 11.2. The van der Waals surface area contributed by atoms with Crippen molar-refractivity contribution in [3.05, 3.63) is 28.2 Å². The standard InChI is InChI=1S/C12H11BrO4/c13-9-6-7(11(14)12(15)16)4-5-10(9)17-8-2-1-3-8/h4-6,8H,1-3H2,(H,15,16). The molecule has 1 fully saturated rings. The maximum Gasteiger partial charge on any atom is 0.377 e. The maximum absolute atomic E-state index is 11.2. The summed E-state index contributed by atoms with van der Waals surface area (Å²) in [6.07, 6.45) is 3.51. The highest BCUT2D eigenvalue weighted by Gasteiger charge is 2.21. The Morgan fingerprint density at radius 3 is 2.53 bits per heavy atom. The molecule has 5 heteroatoms. The Kier molecular flexibility index (Phi) is 3.47. The number of ether oxygens (including phenoxy) is 1. The largest absolute Gasteiger partial charge is 0.489 e. The number of Topliss-reactive ketones (excluding diaryl/α,β-unsaturated/α-hetero) is 1. The molecule has 1 N–H and O–H groups in total. The zero-order chi connectivity index (χ0) is 12.4. The van der Waals surface area contributed by atoms with Gasteiger partial charge in [0.1, 0.15) is 5.75 Å². The number of carbonyl (C=O) groups is 2. The van der Waals surface area contributed by atoms with Crippen LogP contribution in [0.1, 0.15) is 29.6 Å². The van der Waals surface area contributed by atoms with Crippen molar-refractivity contribution in [2.24, 2.45) is 0 Å².